The van der Waals surface area contributed by atoms with Crippen molar-refractivity contribution in [2.75, 3.05) is 0 Å². The van der Waals surface area contributed by atoms with Crippen molar-refractivity contribution in [2.24, 2.45) is 5.73 Å². The van der Waals surface area contributed by atoms with Gasteiger partial charge in [-0.15, -0.1) is 0 Å². The van der Waals surface area contributed by atoms with Crippen LogP contribution in [0.25, 0.3) is 0 Å². The van der Waals surface area contributed by atoms with Crippen LogP contribution in [-0.4, -0.2) is 24.7 Å². The van der Waals surface area contributed by atoms with Crippen LogP contribution in [0.3, 0.4) is 0 Å². The van der Waals surface area contributed by atoms with Gasteiger partial charge in [-0.3, -0.25) is 0 Å². The number of benzene rings is 1. The Bertz CT molecular complexity index is 507. The molecule has 0 fully saturated rings. The van der Waals surface area contributed by atoms with Gasteiger partial charge in [0.15, 0.2) is 0 Å². The Morgan fingerprint density at radius 2 is 1.89 bits per heavy atom. The molecule has 1 heterocycles. The van der Waals surface area contributed by atoms with E-state index < -0.39 is 0 Å². The van der Waals surface area contributed by atoms with Crippen LogP contribution in [0, 0.1) is 0 Å². The molecule has 0 atom stereocenters. The molecule has 5 heteroatoms. The standard InChI is InChI=1S/C13H16N4Se/c1-10(14)15-9-13-17-16-12(18-13)8-7-11-5-3-2-4-6-11/h2-6,15H,1,7-9,14H2. The Morgan fingerprint density at radius 1 is 1.17 bits per heavy atom. The van der Waals surface area contributed by atoms with Crippen LogP contribution in [0.1, 0.15) is 14.7 Å². The number of nitrogens with zero attached hydrogens (tertiary/aromatic N) is 2. The van der Waals surface area contributed by atoms with E-state index >= 15 is 0 Å². The first-order chi connectivity index (χ1) is 8.74. The molecule has 0 amide bonds. The molecule has 4 nitrogen and oxygen atoms in total. The third-order valence-corrected chi connectivity index (χ3v) is 4.51. The fourth-order valence-electron chi connectivity index (χ4n) is 1.55. The Hall–Kier alpha value is -1.58. The van der Waals surface area contributed by atoms with Gasteiger partial charge in [-0.25, -0.2) is 0 Å². The zero-order valence-corrected chi connectivity index (χ0v) is 11.8. The molecule has 1 aromatic heterocycles. The fraction of sp³-hybridized carbons (Fsp3) is 0.231. The summed E-state index contributed by atoms with van der Waals surface area (Å²) in [4.78, 5) is 0. The number of hydrogen-bond acceptors (Lipinski definition) is 4. The predicted octanol–water partition coefficient (Wildman–Crippen LogP) is 0.838. The second-order valence-corrected chi connectivity index (χ2v) is 6.36. The third kappa shape index (κ3) is 4.02. The monoisotopic (exact) mass is 308 g/mol. The first-order valence-electron chi connectivity index (χ1n) is 5.77. The Morgan fingerprint density at radius 3 is 2.61 bits per heavy atom. The summed E-state index contributed by atoms with van der Waals surface area (Å²) in [7, 11) is 0. The molecule has 0 saturated carbocycles. The predicted molar refractivity (Wildman–Crippen MR) is 73.0 cm³/mol. The van der Waals surface area contributed by atoms with Crippen molar-refractivity contribution >= 4 is 14.5 Å². The quantitative estimate of drug-likeness (QED) is 0.776. The molecule has 0 aliphatic rings. The summed E-state index contributed by atoms with van der Waals surface area (Å²) in [6.45, 7) is 4.25. The molecular weight excluding hydrogens is 291 g/mol. The van der Waals surface area contributed by atoms with Crippen molar-refractivity contribution in [3.8, 4) is 0 Å². The van der Waals surface area contributed by atoms with Crippen molar-refractivity contribution in [3.05, 3.63) is 57.4 Å². The minimum absolute atomic E-state index is 0.261. The van der Waals surface area contributed by atoms with Crippen LogP contribution < -0.4 is 11.1 Å². The maximum atomic E-state index is 5.45. The number of aryl methyl sites for hydroxylation is 2. The van der Waals surface area contributed by atoms with Gasteiger partial charge in [-0.1, -0.05) is 0 Å². The molecule has 0 unspecified atom stereocenters. The molecule has 1 aromatic carbocycles. The molecule has 0 radical (unpaired) electrons. The average Bonchev–Trinajstić information content (AvgIpc) is 2.83. The van der Waals surface area contributed by atoms with Gasteiger partial charge < -0.3 is 0 Å². The summed E-state index contributed by atoms with van der Waals surface area (Å²) in [6.07, 6.45) is 2.02. The van der Waals surface area contributed by atoms with E-state index in [1.54, 1.807) is 0 Å². The molecule has 2 aromatic rings. The summed E-state index contributed by atoms with van der Waals surface area (Å²) in [5.74, 6) is 0.478. The van der Waals surface area contributed by atoms with Crippen molar-refractivity contribution < 1.29 is 0 Å². The number of nitrogens with two attached hydrogens (primary N) is 1. The van der Waals surface area contributed by atoms with E-state index in [1.807, 2.05) is 6.07 Å². The van der Waals surface area contributed by atoms with Crippen LogP contribution in [0.2, 0.25) is 0 Å². The van der Waals surface area contributed by atoms with E-state index in [9.17, 15) is 0 Å². The first-order valence-corrected chi connectivity index (χ1v) is 7.49. The molecule has 2 rings (SSSR count). The SMILES string of the molecule is C=C(N)NCc1nnc(CCc2ccccc2)[se]1. The molecule has 0 aliphatic heterocycles. The Balaban J connectivity index is 1.85. The fourth-order valence-corrected chi connectivity index (χ4v) is 3.19. The third-order valence-electron chi connectivity index (χ3n) is 2.45. The van der Waals surface area contributed by atoms with Gasteiger partial charge in [-0.05, 0) is 0 Å². The minimum atomic E-state index is 0.261. The van der Waals surface area contributed by atoms with E-state index in [1.165, 1.54) is 10.1 Å². The van der Waals surface area contributed by atoms with Gasteiger partial charge in [0.2, 0.25) is 0 Å². The second kappa shape index (κ2) is 6.38. The molecule has 0 bridgehead atoms. The molecular formula is C13H16N4Se. The summed E-state index contributed by atoms with van der Waals surface area (Å²) in [5, 5.41) is 11.4. The molecule has 18 heavy (non-hydrogen) atoms. The van der Waals surface area contributed by atoms with Crippen LogP contribution in [-0.2, 0) is 19.4 Å². The topological polar surface area (TPSA) is 63.8 Å². The zero-order valence-electron chi connectivity index (χ0n) is 10.1. The van der Waals surface area contributed by atoms with Gasteiger partial charge in [0, 0.05) is 0 Å². The second-order valence-electron chi connectivity index (χ2n) is 3.95. The Labute approximate surface area is 113 Å². The van der Waals surface area contributed by atoms with E-state index in [2.05, 4.69) is 46.4 Å². The molecule has 0 aliphatic carbocycles. The number of hydrogen-bond donors (Lipinski definition) is 2. The van der Waals surface area contributed by atoms with Crippen LogP contribution >= 0.6 is 0 Å². The summed E-state index contributed by atoms with van der Waals surface area (Å²) >= 11 is 0.261. The van der Waals surface area contributed by atoms with E-state index in [0.717, 1.165) is 17.4 Å². The number of aromatic nitrogens is 2. The molecule has 0 spiro atoms. The Kier molecular flexibility index (Phi) is 4.56. The van der Waals surface area contributed by atoms with Gasteiger partial charge in [0.1, 0.15) is 0 Å². The zero-order chi connectivity index (χ0) is 12.8. The van der Waals surface area contributed by atoms with Crippen molar-refractivity contribution in [1.82, 2.24) is 15.5 Å². The molecule has 94 valence electrons. The van der Waals surface area contributed by atoms with E-state index in [-0.39, 0.29) is 14.5 Å². The number of nitrogens with one attached hydrogen (secondary N) is 1. The first kappa shape index (κ1) is 12.9. The summed E-state index contributed by atoms with van der Waals surface area (Å²) in [6, 6.07) is 10.5. The summed E-state index contributed by atoms with van der Waals surface area (Å²) < 4.78 is 2.28. The normalized spacial score (nSPS) is 10.2. The van der Waals surface area contributed by atoms with E-state index in [4.69, 9.17) is 5.73 Å². The average molecular weight is 307 g/mol. The molecule has 0 saturated heterocycles. The maximum absolute atomic E-state index is 5.45. The van der Waals surface area contributed by atoms with Gasteiger partial charge in [0.25, 0.3) is 0 Å². The molecule has 3 N–H and O–H groups in total. The van der Waals surface area contributed by atoms with Gasteiger partial charge >= 0.3 is 113 Å². The van der Waals surface area contributed by atoms with Crippen LogP contribution in [0.15, 0.2) is 42.7 Å². The van der Waals surface area contributed by atoms with Crippen LogP contribution in [0.4, 0.5) is 0 Å². The van der Waals surface area contributed by atoms with Crippen molar-refractivity contribution in [1.29, 1.82) is 0 Å². The van der Waals surface area contributed by atoms with Crippen LogP contribution in [0.5, 0.6) is 0 Å². The van der Waals surface area contributed by atoms with Gasteiger partial charge in [-0.2, -0.15) is 0 Å². The van der Waals surface area contributed by atoms with Gasteiger partial charge in [0.05, 0.1) is 0 Å². The number of rotatable bonds is 6. The van der Waals surface area contributed by atoms with Crippen molar-refractivity contribution in [2.45, 2.75) is 19.4 Å². The van der Waals surface area contributed by atoms with Crippen molar-refractivity contribution in [3.63, 3.8) is 0 Å². The summed E-state index contributed by atoms with van der Waals surface area (Å²) in [5.41, 5.74) is 6.79. The van der Waals surface area contributed by atoms with E-state index in [0.29, 0.717) is 12.4 Å².